The molecule has 4 nitrogen and oxygen atoms in total. The van der Waals surface area contributed by atoms with Crippen LogP contribution in [0.4, 0.5) is 35.1 Å². The van der Waals surface area contributed by atoms with Gasteiger partial charge < -0.3 is 4.55 Å². The first-order valence-corrected chi connectivity index (χ1v) is 4.63. The third-order valence-electron chi connectivity index (χ3n) is 1.17. The Morgan fingerprint density at radius 2 is 1.35 bits per heavy atom. The van der Waals surface area contributed by atoms with Crippen LogP contribution in [0.5, 0.6) is 0 Å². The van der Waals surface area contributed by atoms with Crippen LogP contribution in [-0.4, -0.2) is 36.9 Å². The first-order chi connectivity index (χ1) is 7.15. The van der Waals surface area contributed by atoms with E-state index in [0.717, 1.165) is 0 Å². The fourth-order valence-electron chi connectivity index (χ4n) is 0.420. The lowest BCUT2D eigenvalue weighted by molar-refractivity contribution is -0.435. The standard InChI is InChI=1S/C4H2F8O4S/c5-1(6)2(7,8)16-3(9,10)4(11,12)17(13,14)15/h1H,(H,13,14,15)/p-1. The molecule has 0 aromatic carbocycles. The van der Waals surface area contributed by atoms with Gasteiger partial charge in [-0.15, -0.1) is 0 Å². The molecular weight excluding hydrogens is 296 g/mol. The molecule has 0 heterocycles. The minimum atomic E-state index is -7.09. The average Bonchev–Trinajstić information content (AvgIpc) is 1.98. The molecule has 0 spiro atoms. The van der Waals surface area contributed by atoms with Crippen molar-refractivity contribution in [3.63, 3.8) is 0 Å². The molecular formula is C4HF8O4S-. The fraction of sp³-hybridized carbons (Fsp3) is 1.00. The summed E-state index contributed by atoms with van der Waals surface area (Å²) in [4.78, 5) is 0. The molecule has 0 aromatic rings. The molecule has 0 saturated heterocycles. The van der Waals surface area contributed by atoms with Crippen molar-refractivity contribution < 1.29 is 52.8 Å². The Balaban J connectivity index is 5.32. The first-order valence-electron chi connectivity index (χ1n) is 3.22. The molecule has 0 amide bonds. The van der Waals surface area contributed by atoms with Gasteiger partial charge in [-0.1, -0.05) is 0 Å². The highest BCUT2D eigenvalue weighted by molar-refractivity contribution is 7.86. The second kappa shape index (κ2) is 4.20. The lowest BCUT2D eigenvalue weighted by atomic mass is 10.6. The summed E-state index contributed by atoms with van der Waals surface area (Å²) in [6.45, 7) is 0. The number of rotatable bonds is 5. The predicted octanol–water partition coefficient (Wildman–Crippen LogP) is 1.59. The normalized spacial score (nSPS) is 15.4. The molecule has 0 bridgehead atoms. The topological polar surface area (TPSA) is 66.4 Å². The number of halogens is 8. The predicted molar refractivity (Wildman–Crippen MR) is 31.6 cm³/mol. The van der Waals surface area contributed by atoms with E-state index < -0.39 is 34.0 Å². The molecule has 0 unspecified atom stereocenters. The van der Waals surface area contributed by atoms with Crippen LogP contribution in [0.2, 0.25) is 0 Å². The Hall–Kier alpha value is -0.690. The second-order valence-corrected chi connectivity index (χ2v) is 3.87. The van der Waals surface area contributed by atoms with Gasteiger partial charge in [-0.05, 0) is 0 Å². The monoisotopic (exact) mass is 297 g/mol. The Morgan fingerprint density at radius 3 is 1.59 bits per heavy atom. The first kappa shape index (κ1) is 16.3. The molecule has 0 atom stereocenters. The van der Waals surface area contributed by atoms with Crippen molar-refractivity contribution in [3.8, 4) is 0 Å². The van der Waals surface area contributed by atoms with Crippen LogP contribution >= 0.6 is 0 Å². The lowest BCUT2D eigenvalue weighted by Crippen LogP contribution is -2.53. The zero-order valence-corrected chi connectivity index (χ0v) is 7.96. The third-order valence-corrected chi connectivity index (χ3v) is 2.04. The van der Waals surface area contributed by atoms with Crippen molar-refractivity contribution in [2.24, 2.45) is 0 Å². The Kier molecular flexibility index (Phi) is 4.03. The Bertz CT molecular complexity index is 375. The van der Waals surface area contributed by atoms with Crippen LogP contribution < -0.4 is 0 Å². The molecule has 0 fully saturated rings. The van der Waals surface area contributed by atoms with Gasteiger partial charge in [0.15, 0.2) is 10.1 Å². The molecule has 0 aliphatic rings. The number of hydrogen-bond acceptors (Lipinski definition) is 4. The summed E-state index contributed by atoms with van der Waals surface area (Å²) in [7, 11) is -7.09. The summed E-state index contributed by atoms with van der Waals surface area (Å²) in [5.41, 5.74) is 0. The summed E-state index contributed by atoms with van der Waals surface area (Å²) in [5, 5.41) is -6.63. The maximum atomic E-state index is 12.2. The van der Waals surface area contributed by atoms with E-state index in [-0.39, 0.29) is 0 Å². The summed E-state index contributed by atoms with van der Waals surface area (Å²) >= 11 is 0. The maximum Gasteiger partial charge on any atom is 0.438 e. The largest absolute Gasteiger partial charge is 0.743 e. The van der Waals surface area contributed by atoms with E-state index in [2.05, 4.69) is 0 Å². The third kappa shape index (κ3) is 3.16. The molecule has 0 aliphatic carbocycles. The highest BCUT2D eigenvalue weighted by Crippen LogP contribution is 2.43. The molecule has 17 heavy (non-hydrogen) atoms. The van der Waals surface area contributed by atoms with E-state index in [1.165, 1.54) is 0 Å². The maximum absolute atomic E-state index is 12.2. The van der Waals surface area contributed by atoms with Crippen molar-refractivity contribution in [3.05, 3.63) is 0 Å². The molecule has 0 N–H and O–H groups in total. The van der Waals surface area contributed by atoms with Crippen molar-refractivity contribution in [1.82, 2.24) is 0 Å². The number of hydrogen-bond donors (Lipinski definition) is 0. The van der Waals surface area contributed by atoms with Crippen LogP contribution in [0.1, 0.15) is 0 Å². The zero-order chi connectivity index (χ0) is 14.3. The highest BCUT2D eigenvalue weighted by Gasteiger charge is 2.68. The van der Waals surface area contributed by atoms with Gasteiger partial charge in [-0.25, -0.2) is 21.9 Å². The average molecular weight is 297 g/mol. The summed E-state index contributed by atoms with van der Waals surface area (Å²) in [5.74, 6) is 0. The van der Waals surface area contributed by atoms with Crippen molar-refractivity contribution in [1.29, 1.82) is 0 Å². The van der Waals surface area contributed by atoms with Gasteiger partial charge in [0, 0.05) is 0 Å². The molecule has 13 heteroatoms. The molecule has 0 aromatic heterocycles. The zero-order valence-electron chi connectivity index (χ0n) is 7.14. The van der Waals surface area contributed by atoms with E-state index in [1.807, 2.05) is 0 Å². The van der Waals surface area contributed by atoms with Gasteiger partial charge in [-0.3, -0.25) is 0 Å². The van der Waals surface area contributed by atoms with E-state index in [1.54, 1.807) is 4.74 Å². The minimum absolute atomic E-state index is 1.73. The van der Waals surface area contributed by atoms with Crippen LogP contribution in [-0.2, 0) is 14.9 Å². The molecule has 0 rings (SSSR count). The summed E-state index contributed by atoms with van der Waals surface area (Å²) in [6.07, 6.45) is -17.6. The second-order valence-electron chi connectivity index (χ2n) is 2.45. The van der Waals surface area contributed by atoms with Crippen molar-refractivity contribution in [2.75, 3.05) is 0 Å². The van der Waals surface area contributed by atoms with Gasteiger partial charge in [0.05, 0.1) is 0 Å². The van der Waals surface area contributed by atoms with Crippen molar-refractivity contribution in [2.45, 2.75) is 23.9 Å². The van der Waals surface area contributed by atoms with Crippen LogP contribution in [0.15, 0.2) is 0 Å². The summed E-state index contributed by atoms with van der Waals surface area (Å²) < 4.78 is 126. The van der Waals surface area contributed by atoms with Gasteiger partial charge >= 0.3 is 23.9 Å². The van der Waals surface area contributed by atoms with E-state index in [4.69, 9.17) is 0 Å². The highest BCUT2D eigenvalue weighted by atomic mass is 32.2. The van der Waals surface area contributed by atoms with E-state index in [9.17, 15) is 48.1 Å². The van der Waals surface area contributed by atoms with E-state index in [0.29, 0.717) is 0 Å². The Morgan fingerprint density at radius 1 is 1.00 bits per heavy atom. The molecule has 0 saturated carbocycles. The quantitative estimate of drug-likeness (QED) is 0.571. The van der Waals surface area contributed by atoms with Crippen LogP contribution in [0, 0.1) is 0 Å². The molecule has 0 aliphatic heterocycles. The lowest BCUT2D eigenvalue weighted by Gasteiger charge is -2.30. The fourth-order valence-corrected chi connectivity index (χ4v) is 0.753. The SMILES string of the molecule is O=S(=O)([O-])C(F)(F)C(F)(F)OC(F)(F)C(F)F. The molecule has 0 radical (unpaired) electrons. The van der Waals surface area contributed by atoms with Crippen LogP contribution in [0.25, 0.3) is 0 Å². The minimum Gasteiger partial charge on any atom is -0.743 e. The van der Waals surface area contributed by atoms with Crippen molar-refractivity contribution >= 4 is 10.1 Å². The number of alkyl halides is 8. The van der Waals surface area contributed by atoms with Gasteiger partial charge in [0.2, 0.25) is 0 Å². The van der Waals surface area contributed by atoms with Gasteiger partial charge in [0.1, 0.15) is 0 Å². The van der Waals surface area contributed by atoms with Gasteiger partial charge in [-0.2, -0.15) is 26.3 Å². The van der Waals surface area contributed by atoms with Crippen LogP contribution in [0.3, 0.4) is 0 Å². The Labute approximate surface area is 87.9 Å². The smallest absolute Gasteiger partial charge is 0.438 e. The molecule has 104 valence electrons. The van der Waals surface area contributed by atoms with Gasteiger partial charge in [0.25, 0.3) is 0 Å². The van der Waals surface area contributed by atoms with E-state index >= 15 is 0 Å². The summed E-state index contributed by atoms with van der Waals surface area (Å²) in [6, 6.07) is 0. The number of ether oxygens (including phenoxy) is 1.